The zero-order valence-electron chi connectivity index (χ0n) is 21.7. The summed E-state index contributed by atoms with van der Waals surface area (Å²) in [5, 5.41) is 6.15. The first kappa shape index (κ1) is 26.3. The van der Waals surface area contributed by atoms with Gasteiger partial charge in [0.1, 0.15) is 0 Å². The monoisotopic (exact) mass is 540 g/mol. The molecule has 2 aliphatic carbocycles. The van der Waals surface area contributed by atoms with E-state index in [1.807, 2.05) is 24.8 Å². The highest BCUT2D eigenvalue weighted by Crippen LogP contribution is 2.39. The molecule has 1 aromatic carbocycles. The third-order valence-corrected chi connectivity index (χ3v) is 9.75. The van der Waals surface area contributed by atoms with Crippen LogP contribution in [0.25, 0.3) is 11.8 Å². The molecule has 7 nitrogen and oxygen atoms in total. The van der Waals surface area contributed by atoms with Crippen LogP contribution in [0.3, 0.4) is 0 Å². The molecule has 3 fully saturated rings. The van der Waals surface area contributed by atoms with Gasteiger partial charge < -0.3 is 4.57 Å². The first-order chi connectivity index (χ1) is 17.7. The molecular weight excluding hydrogens is 504 g/mol. The molecule has 1 aromatic heterocycles. The highest BCUT2D eigenvalue weighted by atomic mass is 32.2. The summed E-state index contributed by atoms with van der Waals surface area (Å²) in [6.45, 7) is 4.03. The van der Waals surface area contributed by atoms with E-state index in [-0.39, 0.29) is 16.8 Å². The minimum Gasteiger partial charge on any atom is -0.318 e. The number of hydrogen-bond acceptors (Lipinski definition) is 5. The van der Waals surface area contributed by atoms with E-state index in [9.17, 15) is 13.2 Å². The van der Waals surface area contributed by atoms with Crippen molar-refractivity contribution in [3.63, 3.8) is 0 Å². The molecule has 1 aliphatic heterocycles. The van der Waals surface area contributed by atoms with Gasteiger partial charge in [0, 0.05) is 23.1 Å². The zero-order valence-corrected chi connectivity index (χ0v) is 23.3. The van der Waals surface area contributed by atoms with Gasteiger partial charge in [0.2, 0.25) is 10.0 Å². The van der Waals surface area contributed by atoms with Gasteiger partial charge in [-0.1, -0.05) is 38.5 Å². The molecule has 5 rings (SSSR count). The van der Waals surface area contributed by atoms with Crippen LogP contribution in [0.15, 0.2) is 45.1 Å². The number of nitrogens with zero attached hydrogens (tertiary/aromatic N) is 3. The summed E-state index contributed by atoms with van der Waals surface area (Å²) in [6.07, 6.45) is 13.6. The standard InChI is InChI=1S/C28H36N4O3S2/c1-19-17-21(20(2)31(19)24-13-15-25(16-14-24)37(29,34)35)18-26-27(33)32(23-11-7-4-8-12-23)28(36-26)30-22-9-5-3-6-10-22/h13-18,22-23H,3-12H2,1-2H3,(H2,29,34,35)/b26-18-,30-28?. The predicted molar refractivity (Wildman–Crippen MR) is 150 cm³/mol. The molecule has 1 saturated heterocycles. The van der Waals surface area contributed by atoms with Gasteiger partial charge in [-0.05, 0) is 93.3 Å². The molecule has 0 radical (unpaired) electrons. The van der Waals surface area contributed by atoms with Crippen LogP contribution in [-0.4, -0.2) is 41.0 Å². The average molecular weight is 541 g/mol. The van der Waals surface area contributed by atoms with Crippen molar-refractivity contribution in [2.45, 2.75) is 95.0 Å². The molecule has 0 unspecified atom stereocenters. The Bertz CT molecular complexity index is 1330. The number of nitrogens with two attached hydrogens (primary N) is 1. The van der Waals surface area contributed by atoms with Gasteiger partial charge in [-0.2, -0.15) is 0 Å². The van der Waals surface area contributed by atoms with Crippen molar-refractivity contribution < 1.29 is 13.2 Å². The van der Waals surface area contributed by atoms with E-state index >= 15 is 0 Å². The lowest BCUT2D eigenvalue weighted by Crippen LogP contribution is -2.41. The van der Waals surface area contributed by atoms with Gasteiger partial charge in [0.25, 0.3) is 5.91 Å². The fraction of sp³-hybridized carbons (Fsp3) is 0.500. The van der Waals surface area contributed by atoms with Gasteiger partial charge in [0.15, 0.2) is 5.17 Å². The lowest BCUT2D eigenvalue weighted by Gasteiger charge is -2.31. The number of amides is 1. The molecule has 37 heavy (non-hydrogen) atoms. The maximum absolute atomic E-state index is 13.7. The topological polar surface area (TPSA) is 97.8 Å². The Balaban J connectivity index is 1.47. The summed E-state index contributed by atoms with van der Waals surface area (Å²) >= 11 is 1.53. The number of primary sulfonamides is 1. The van der Waals surface area contributed by atoms with Crippen molar-refractivity contribution in [3.8, 4) is 5.69 Å². The summed E-state index contributed by atoms with van der Waals surface area (Å²) in [5.74, 6) is 0.0776. The average Bonchev–Trinajstić information content (AvgIpc) is 3.34. The van der Waals surface area contributed by atoms with Gasteiger partial charge in [-0.15, -0.1) is 0 Å². The number of carbonyl (C=O) groups is 1. The summed E-state index contributed by atoms with van der Waals surface area (Å²) in [6, 6.07) is 9.19. The van der Waals surface area contributed by atoms with Crippen molar-refractivity contribution >= 4 is 38.9 Å². The molecule has 2 saturated carbocycles. The highest BCUT2D eigenvalue weighted by molar-refractivity contribution is 8.18. The minimum atomic E-state index is -3.74. The first-order valence-corrected chi connectivity index (χ1v) is 15.7. The lowest BCUT2D eigenvalue weighted by atomic mass is 9.94. The number of amidine groups is 1. The number of hydrogen-bond donors (Lipinski definition) is 1. The van der Waals surface area contributed by atoms with Gasteiger partial charge >= 0.3 is 0 Å². The molecule has 0 bridgehead atoms. The molecule has 2 aromatic rings. The van der Waals surface area contributed by atoms with Crippen LogP contribution in [0.1, 0.15) is 81.2 Å². The van der Waals surface area contributed by atoms with Crippen LogP contribution < -0.4 is 5.14 Å². The highest BCUT2D eigenvalue weighted by Gasteiger charge is 2.39. The Morgan fingerprint density at radius 2 is 1.59 bits per heavy atom. The molecule has 2 heterocycles. The largest absolute Gasteiger partial charge is 0.318 e. The second-order valence-corrected chi connectivity index (χ2v) is 13.1. The Kier molecular flexibility index (Phi) is 7.65. The number of aromatic nitrogens is 1. The fourth-order valence-electron chi connectivity index (χ4n) is 5.86. The second-order valence-electron chi connectivity index (χ2n) is 10.5. The Labute approximate surface area is 224 Å². The number of thioether (sulfide) groups is 1. The van der Waals surface area contributed by atoms with E-state index in [1.54, 1.807) is 12.1 Å². The number of aryl methyl sites for hydroxylation is 1. The second kappa shape index (κ2) is 10.8. The van der Waals surface area contributed by atoms with Crippen molar-refractivity contribution in [3.05, 3.63) is 52.2 Å². The maximum atomic E-state index is 13.7. The Hall–Kier alpha value is -2.36. The number of benzene rings is 1. The van der Waals surface area contributed by atoms with E-state index in [1.165, 1.54) is 62.4 Å². The van der Waals surface area contributed by atoms with Crippen LogP contribution in [0.2, 0.25) is 0 Å². The van der Waals surface area contributed by atoms with E-state index in [4.69, 9.17) is 10.1 Å². The van der Waals surface area contributed by atoms with Crippen molar-refractivity contribution in [2.24, 2.45) is 10.1 Å². The van der Waals surface area contributed by atoms with Gasteiger partial charge in [-0.25, -0.2) is 13.6 Å². The van der Waals surface area contributed by atoms with Crippen molar-refractivity contribution in [1.29, 1.82) is 0 Å². The van der Waals surface area contributed by atoms with Gasteiger partial charge in [-0.3, -0.25) is 14.7 Å². The van der Waals surface area contributed by atoms with Crippen molar-refractivity contribution in [2.75, 3.05) is 0 Å². The normalized spacial score (nSPS) is 22.5. The van der Waals surface area contributed by atoms with Crippen molar-refractivity contribution in [1.82, 2.24) is 9.47 Å². The SMILES string of the molecule is Cc1cc(/C=C2\SC(=NC3CCCCC3)N(C3CCCCC3)C2=O)c(C)n1-c1ccc(S(N)(=O)=O)cc1. The quantitative estimate of drug-likeness (QED) is 0.494. The third kappa shape index (κ3) is 5.59. The molecule has 198 valence electrons. The smallest absolute Gasteiger partial charge is 0.267 e. The predicted octanol–water partition coefficient (Wildman–Crippen LogP) is 5.68. The van der Waals surface area contributed by atoms with Crippen LogP contribution >= 0.6 is 11.8 Å². The van der Waals surface area contributed by atoms with E-state index in [0.717, 1.165) is 58.4 Å². The van der Waals surface area contributed by atoms with Crippen LogP contribution in [0.4, 0.5) is 0 Å². The molecule has 0 atom stereocenters. The number of carbonyl (C=O) groups excluding carboxylic acids is 1. The van der Waals surface area contributed by atoms with Crippen LogP contribution in [0.5, 0.6) is 0 Å². The molecular formula is C28H36N4O3S2. The Morgan fingerprint density at radius 1 is 0.973 bits per heavy atom. The summed E-state index contributed by atoms with van der Waals surface area (Å²) in [7, 11) is -3.74. The first-order valence-electron chi connectivity index (χ1n) is 13.4. The lowest BCUT2D eigenvalue weighted by molar-refractivity contribution is -0.124. The summed E-state index contributed by atoms with van der Waals surface area (Å²) in [5.41, 5.74) is 3.82. The summed E-state index contributed by atoms with van der Waals surface area (Å²) < 4.78 is 25.4. The molecule has 0 spiro atoms. The van der Waals surface area contributed by atoms with Gasteiger partial charge in [0.05, 0.1) is 15.8 Å². The molecule has 1 amide bonds. The number of aliphatic imine (C=N–C) groups is 1. The molecule has 9 heteroatoms. The Morgan fingerprint density at radius 3 is 2.22 bits per heavy atom. The maximum Gasteiger partial charge on any atom is 0.267 e. The zero-order chi connectivity index (χ0) is 26.2. The van der Waals surface area contributed by atoms with E-state index < -0.39 is 10.0 Å². The van der Waals surface area contributed by atoms with Crippen LogP contribution in [0, 0.1) is 13.8 Å². The summed E-state index contributed by atoms with van der Waals surface area (Å²) in [4.78, 5) is 21.7. The molecule has 3 aliphatic rings. The van der Waals surface area contributed by atoms with Crippen LogP contribution in [-0.2, 0) is 14.8 Å². The number of rotatable bonds is 5. The number of sulfonamides is 1. The fourth-order valence-corrected chi connectivity index (χ4v) is 7.48. The minimum absolute atomic E-state index is 0.0776. The molecule has 2 N–H and O–H groups in total. The van der Waals surface area contributed by atoms with E-state index in [0.29, 0.717) is 6.04 Å². The van der Waals surface area contributed by atoms with E-state index in [2.05, 4.69) is 10.6 Å². The third-order valence-electron chi connectivity index (χ3n) is 7.82.